The minimum Gasteiger partial charge on any atom is -0.508 e. The lowest BCUT2D eigenvalue weighted by atomic mass is 10.1. The Bertz CT molecular complexity index is 554. The molecule has 23 heavy (non-hydrogen) atoms. The van der Waals surface area contributed by atoms with E-state index in [2.05, 4.69) is 10.6 Å². The lowest BCUT2D eigenvalue weighted by molar-refractivity contribution is 0.0498. The van der Waals surface area contributed by atoms with Gasteiger partial charge in [-0.05, 0) is 46.1 Å². The highest BCUT2D eigenvalue weighted by Gasteiger charge is 2.29. The minimum atomic E-state index is -0.510. The van der Waals surface area contributed by atoms with Crippen LogP contribution in [-0.4, -0.2) is 34.0 Å². The second-order valence-electron chi connectivity index (χ2n) is 6.98. The van der Waals surface area contributed by atoms with Gasteiger partial charge in [0, 0.05) is 30.3 Å². The van der Waals surface area contributed by atoms with Crippen LogP contribution in [0.25, 0.3) is 0 Å². The lowest BCUT2D eigenvalue weighted by Crippen LogP contribution is -2.47. The number of alkyl carbamates (subject to hydrolysis) is 1. The molecule has 0 saturated heterocycles. The molecule has 0 radical (unpaired) electrons. The number of carbonyl (C=O) groups is 1. The highest BCUT2D eigenvalue weighted by atomic mass is 16.6. The Hall–Kier alpha value is -1.95. The van der Waals surface area contributed by atoms with Crippen molar-refractivity contribution in [3.05, 3.63) is 23.8 Å². The zero-order chi connectivity index (χ0) is 17.0. The molecule has 6 nitrogen and oxygen atoms in total. The van der Waals surface area contributed by atoms with Gasteiger partial charge in [-0.25, -0.2) is 4.79 Å². The molecule has 1 aromatic carbocycles. The van der Waals surface area contributed by atoms with Gasteiger partial charge in [0.1, 0.15) is 17.1 Å². The Labute approximate surface area is 136 Å². The largest absolute Gasteiger partial charge is 0.508 e. The predicted molar refractivity (Wildman–Crippen MR) is 87.4 cm³/mol. The molecule has 2 rings (SSSR count). The molecule has 1 amide bonds. The molecule has 0 spiro atoms. The third-order valence-corrected chi connectivity index (χ3v) is 3.84. The summed E-state index contributed by atoms with van der Waals surface area (Å²) in [5.74, 6) is 0.101. The van der Waals surface area contributed by atoms with Crippen molar-refractivity contribution in [2.45, 2.75) is 64.3 Å². The maximum absolute atomic E-state index is 11.9. The summed E-state index contributed by atoms with van der Waals surface area (Å²) in [6.07, 6.45) is 2.49. The quantitative estimate of drug-likeness (QED) is 0.684. The smallest absolute Gasteiger partial charge is 0.407 e. The van der Waals surface area contributed by atoms with E-state index in [0.29, 0.717) is 12.1 Å². The van der Waals surface area contributed by atoms with E-state index < -0.39 is 11.7 Å². The lowest BCUT2D eigenvalue weighted by Gasteiger charge is -2.25. The van der Waals surface area contributed by atoms with Crippen LogP contribution in [0.5, 0.6) is 11.5 Å². The normalized spacial score (nSPS) is 21.2. The van der Waals surface area contributed by atoms with Crippen LogP contribution in [-0.2, 0) is 11.3 Å². The maximum Gasteiger partial charge on any atom is 0.407 e. The number of carbonyl (C=O) groups excluding carboxylic acids is 1. The average Bonchev–Trinajstić information content (AvgIpc) is 2.82. The third-order valence-electron chi connectivity index (χ3n) is 3.84. The van der Waals surface area contributed by atoms with Crippen molar-refractivity contribution in [1.29, 1.82) is 0 Å². The standard InChI is InChI=1S/C17H26N2O4/c1-17(2,3)23-16(22)19-14-6-4-5-13(14)18-10-11-7-8-12(20)9-15(11)21/h7-9,13-14,18,20-21H,4-6,10H2,1-3H3,(H,19,22). The fraction of sp³-hybridized carbons (Fsp3) is 0.588. The summed E-state index contributed by atoms with van der Waals surface area (Å²) in [4.78, 5) is 11.9. The Kier molecular flexibility index (Phi) is 5.36. The SMILES string of the molecule is CC(C)(C)OC(=O)NC1CCCC1NCc1ccc(O)cc1O. The number of phenolic OH excluding ortho intramolecular Hbond substituents is 2. The number of hydrogen-bond donors (Lipinski definition) is 4. The first kappa shape index (κ1) is 17.4. The van der Waals surface area contributed by atoms with E-state index >= 15 is 0 Å². The van der Waals surface area contributed by atoms with Gasteiger partial charge in [0.15, 0.2) is 0 Å². The van der Waals surface area contributed by atoms with Gasteiger partial charge >= 0.3 is 6.09 Å². The van der Waals surface area contributed by atoms with E-state index in [4.69, 9.17) is 4.74 Å². The number of rotatable bonds is 4. The summed E-state index contributed by atoms with van der Waals surface area (Å²) in [5, 5.41) is 25.4. The van der Waals surface area contributed by atoms with E-state index in [1.165, 1.54) is 6.07 Å². The van der Waals surface area contributed by atoms with Crippen LogP contribution < -0.4 is 10.6 Å². The first-order chi connectivity index (χ1) is 10.7. The van der Waals surface area contributed by atoms with E-state index in [0.717, 1.165) is 19.3 Å². The number of amides is 1. The van der Waals surface area contributed by atoms with Gasteiger partial charge < -0.3 is 25.6 Å². The van der Waals surface area contributed by atoms with Crippen molar-refractivity contribution in [2.75, 3.05) is 0 Å². The highest BCUT2D eigenvalue weighted by Crippen LogP contribution is 2.24. The van der Waals surface area contributed by atoms with E-state index in [1.54, 1.807) is 12.1 Å². The van der Waals surface area contributed by atoms with Crippen molar-refractivity contribution in [1.82, 2.24) is 10.6 Å². The maximum atomic E-state index is 11.9. The summed E-state index contributed by atoms with van der Waals surface area (Å²) in [5.41, 5.74) is 0.203. The fourth-order valence-electron chi connectivity index (χ4n) is 2.78. The first-order valence-electron chi connectivity index (χ1n) is 7.98. The second kappa shape index (κ2) is 7.08. The Morgan fingerprint density at radius 3 is 2.61 bits per heavy atom. The molecule has 2 unspecified atom stereocenters. The van der Waals surface area contributed by atoms with Crippen molar-refractivity contribution < 1.29 is 19.7 Å². The van der Waals surface area contributed by atoms with E-state index in [9.17, 15) is 15.0 Å². The topological polar surface area (TPSA) is 90.8 Å². The van der Waals surface area contributed by atoms with Crippen LogP contribution in [0.3, 0.4) is 0 Å². The Morgan fingerprint density at radius 1 is 1.26 bits per heavy atom. The van der Waals surface area contributed by atoms with Crippen LogP contribution in [0.2, 0.25) is 0 Å². The molecule has 2 atom stereocenters. The number of aromatic hydroxyl groups is 2. The minimum absolute atomic E-state index is 0.0177. The van der Waals surface area contributed by atoms with Crippen molar-refractivity contribution in [3.63, 3.8) is 0 Å². The van der Waals surface area contributed by atoms with Crippen LogP contribution in [0.4, 0.5) is 4.79 Å². The summed E-state index contributed by atoms with van der Waals surface area (Å²) in [6.45, 7) is 5.99. The van der Waals surface area contributed by atoms with Crippen molar-refractivity contribution in [2.24, 2.45) is 0 Å². The summed E-state index contributed by atoms with van der Waals surface area (Å²) in [6, 6.07) is 4.70. The molecule has 0 aliphatic heterocycles. The number of phenols is 2. The molecule has 128 valence electrons. The average molecular weight is 322 g/mol. The van der Waals surface area contributed by atoms with Gasteiger partial charge in [-0.15, -0.1) is 0 Å². The first-order valence-corrected chi connectivity index (χ1v) is 7.98. The van der Waals surface area contributed by atoms with E-state index in [-0.39, 0.29) is 23.6 Å². The monoisotopic (exact) mass is 322 g/mol. The molecule has 1 aliphatic rings. The van der Waals surface area contributed by atoms with Crippen molar-refractivity contribution in [3.8, 4) is 11.5 Å². The third kappa shape index (κ3) is 5.32. The zero-order valence-corrected chi connectivity index (χ0v) is 13.9. The highest BCUT2D eigenvalue weighted by molar-refractivity contribution is 5.68. The fourth-order valence-corrected chi connectivity index (χ4v) is 2.78. The molecule has 1 aliphatic carbocycles. The van der Waals surface area contributed by atoms with Gasteiger partial charge in [0.2, 0.25) is 0 Å². The van der Waals surface area contributed by atoms with Gasteiger partial charge in [-0.2, -0.15) is 0 Å². The Morgan fingerprint density at radius 2 is 1.96 bits per heavy atom. The molecule has 6 heteroatoms. The van der Waals surface area contributed by atoms with Crippen LogP contribution in [0.1, 0.15) is 45.6 Å². The molecule has 0 aromatic heterocycles. The van der Waals surface area contributed by atoms with Crippen LogP contribution in [0, 0.1) is 0 Å². The molecule has 1 aromatic rings. The zero-order valence-electron chi connectivity index (χ0n) is 13.9. The number of hydrogen-bond acceptors (Lipinski definition) is 5. The van der Waals surface area contributed by atoms with Gasteiger partial charge in [0.05, 0.1) is 0 Å². The summed E-state index contributed by atoms with van der Waals surface area (Å²) in [7, 11) is 0. The summed E-state index contributed by atoms with van der Waals surface area (Å²) < 4.78 is 5.30. The number of nitrogens with one attached hydrogen (secondary N) is 2. The molecule has 1 fully saturated rings. The van der Waals surface area contributed by atoms with Gasteiger partial charge in [0.25, 0.3) is 0 Å². The van der Waals surface area contributed by atoms with Crippen molar-refractivity contribution >= 4 is 6.09 Å². The van der Waals surface area contributed by atoms with Crippen LogP contribution >= 0.6 is 0 Å². The number of benzene rings is 1. The molecular formula is C17H26N2O4. The summed E-state index contributed by atoms with van der Waals surface area (Å²) >= 11 is 0. The van der Waals surface area contributed by atoms with Gasteiger partial charge in [-0.3, -0.25) is 0 Å². The molecule has 0 heterocycles. The molecule has 0 bridgehead atoms. The van der Waals surface area contributed by atoms with E-state index in [1.807, 2.05) is 20.8 Å². The second-order valence-corrected chi connectivity index (χ2v) is 6.98. The molecule has 1 saturated carbocycles. The molecular weight excluding hydrogens is 296 g/mol. The predicted octanol–water partition coefficient (Wildman–Crippen LogP) is 2.63. The molecule has 4 N–H and O–H groups in total. The van der Waals surface area contributed by atoms with Gasteiger partial charge in [-0.1, -0.05) is 6.07 Å². The number of ether oxygens (including phenoxy) is 1. The Balaban J connectivity index is 1.88. The van der Waals surface area contributed by atoms with Crippen LogP contribution in [0.15, 0.2) is 18.2 Å².